The number of aromatic nitrogens is 4. The highest BCUT2D eigenvalue weighted by atomic mass is 35.5. The van der Waals surface area contributed by atoms with E-state index < -0.39 is 10.0 Å². The minimum atomic E-state index is -3.50. The van der Waals surface area contributed by atoms with Crippen LogP contribution in [0.25, 0.3) is 0 Å². The lowest BCUT2D eigenvalue weighted by Crippen LogP contribution is -2.42. The molecule has 0 spiro atoms. The van der Waals surface area contributed by atoms with E-state index in [9.17, 15) is 8.42 Å². The van der Waals surface area contributed by atoms with E-state index in [4.69, 9.17) is 16.3 Å². The van der Waals surface area contributed by atoms with Gasteiger partial charge >= 0.3 is 0 Å². The minimum Gasteiger partial charge on any atom is -0.379 e. The third-order valence-corrected chi connectivity index (χ3v) is 8.85. The fourth-order valence-corrected chi connectivity index (χ4v) is 5.56. The summed E-state index contributed by atoms with van der Waals surface area (Å²) in [4.78, 5) is 22.4. The smallest absolute Gasteiger partial charge is 0.233 e. The van der Waals surface area contributed by atoms with E-state index in [2.05, 4.69) is 58.6 Å². The second-order valence-corrected chi connectivity index (χ2v) is 12.6. The average Bonchev–Trinajstić information content (AvgIpc) is 3.18. The van der Waals surface area contributed by atoms with Crippen molar-refractivity contribution in [3.63, 3.8) is 0 Å². The van der Waals surface area contributed by atoms with Crippen LogP contribution in [0.2, 0.25) is 5.02 Å². The lowest BCUT2D eigenvalue weighted by Gasteiger charge is -2.29. The van der Waals surface area contributed by atoms with E-state index in [0.717, 1.165) is 81.6 Å². The van der Waals surface area contributed by atoms with Crippen LogP contribution in [-0.2, 0) is 34.1 Å². The van der Waals surface area contributed by atoms with Gasteiger partial charge in [-0.25, -0.2) is 18.4 Å². The molecule has 41 heavy (non-hydrogen) atoms. The highest BCUT2D eigenvalue weighted by molar-refractivity contribution is 7.92. The number of rotatable bonds is 10. The van der Waals surface area contributed by atoms with Gasteiger partial charge in [0.25, 0.3) is 0 Å². The Morgan fingerprint density at radius 2 is 1.71 bits per heavy atom. The van der Waals surface area contributed by atoms with Crippen LogP contribution in [0.1, 0.15) is 16.8 Å². The van der Waals surface area contributed by atoms with E-state index >= 15 is 0 Å². The Labute approximate surface area is 246 Å². The highest BCUT2D eigenvalue weighted by Gasteiger charge is 2.19. The fourth-order valence-electron chi connectivity index (χ4n) is 4.93. The summed E-state index contributed by atoms with van der Waals surface area (Å²) in [5.74, 6) is 1.02. The number of benzene rings is 1. The van der Waals surface area contributed by atoms with E-state index in [-0.39, 0.29) is 12.4 Å². The van der Waals surface area contributed by atoms with Gasteiger partial charge in [0.05, 0.1) is 32.2 Å². The van der Waals surface area contributed by atoms with Crippen molar-refractivity contribution in [2.75, 3.05) is 80.7 Å². The normalized spacial score (nSPS) is 16.6. The maximum atomic E-state index is 12.0. The Balaban J connectivity index is 1.21. The molecule has 2 aromatic heterocycles. The zero-order valence-corrected chi connectivity index (χ0v) is 25.0. The quantitative estimate of drug-likeness (QED) is 0.355. The van der Waals surface area contributed by atoms with Crippen molar-refractivity contribution in [2.24, 2.45) is 0 Å². The molecular weight excluding hydrogens is 566 g/mol. The molecule has 4 heterocycles. The number of halogens is 1. The topological polar surface area (TPSA) is 129 Å². The van der Waals surface area contributed by atoms with Crippen molar-refractivity contribution < 1.29 is 13.2 Å². The lowest BCUT2D eigenvalue weighted by atomic mass is 10.0. The number of nitrogens with one attached hydrogen (secondary N) is 2. The minimum absolute atomic E-state index is 0.167. The lowest BCUT2D eigenvalue weighted by molar-refractivity contribution is 0.0335. The largest absolute Gasteiger partial charge is 0.379 e. The standard InChI is InChI=1S/C27H36ClN9O3S/c1-35(41(2,38)39)26-24(29-7-8-30-26)19-31-25-23(28)18-32-27(34-25)33-22-4-3-20-5-9-36(10-6-21(20)17-22)11-12-37-13-15-40-16-14-37/h3-4,7-8,17-18H,5-6,9-16,19H2,1-2H3,(H2,31,32,33,34). The molecule has 1 fully saturated rings. The zero-order chi connectivity index (χ0) is 28.8. The van der Waals surface area contributed by atoms with Crippen LogP contribution in [-0.4, -0.2) is 104 Å². The van der Waals surface area contributed by atoms with E-state index in [0.29, 0.717) is 22.5 Å². The van der Waals surface area contributed by atoms with Crippen LogP contribution in [0, 0.1) is 0 Å². The molecule has 0 bridgehead atoms. The number of nitrogens with zero attached hydrogens (tertiary/aromatic N) is 7. The second kappa shape index (κ2) is 13.3. The second-order valence-electron chi connectivity index (χ2n) is 10.2. The number of sulfonamides is 1. The van der Waals surface area contributed by atoms with Gasteiger partial charge in [-0.05, 0) is 36.1 Å². The number of anilines is 4. The van der Waals surface area contributed by atoms with Gasteiger partial charge in [0.2, 0.25) is 16.0 Å². The number of ether oxygens (including phenoxy) is 1. The molecule has 0 aliphatic carbocycles. The van der Waals surface area contributed by atoms with Crippen molar-refractivity contribution in [2.45, 2.75) is 19.4 Å². The van der Waals surface area contributed by atoms with E-state index in [1.54, 1.807) is 0 Å². The van der Waals surface area contributed by atoms with Crippen LogP contribution in [0.4, 0.5) is 23.3 Å². The zero-order valence-electron chi connectivity index (χ0n) is 23.4. The maximum absolute atomic E-state index is 12.0. The molecule has 0 saturated carbocycles. The molecule has 5 rings (SSSR count). The summed E-state index contributed by atoms with van der Waals surface area (Å²) >= 11 is 6.37. The molecule has 1 saturated heterocycles. The van der Waals surface area contributed by atoms with Crippen LogP contribution >= 0.6 is 11.6 Å². The molecule has 0 atom stereocenters. The molecule has 0 unspecified atom stereocenters. The molecule has 12 nitrogen and oxygen atoms in total. The molecule has 2 aliphatic heterocycles. The van der Waals surface area contributed by atoms with Gasteiger partial charge in [-0.15, -0.1) is 0 Å². The molecule has 220 valence electrons. The van der Waals surface area contributed by atoms with Gasteiger partial charge in [-0.3, -0.25) is 14.2 Å². The number of hydrogen-bond acceptors (Lipinski definition) is 11. The predicted octanol–water partition coefficient (Wildman–Crippen LogP) is 2.40. The number of morpholine rings is 1. The summed E-state index contributed by atoms with van der Waals surface area (Å²) in [6.45, 7) is 8.14. The molecule has 14 heteroatoms. The van der Waals surface area contributed by atoms with Gasteiger partial charge in [-0.1, -0.05) is 17.7 Å². The molecule has 0 radical (unpaired) electrons. The predicted molar refractivity (Wildman–Crippen MR) is 160 cm³/mol. The summed E-state index contributed by atoms with van der Waals surface area (Å²) < 4.78 is 30.6. The Morgan fingerprint density at radius 1 is 1.00 bits per heavy atom. The Hall–Kier alpha value is -3.10. The van der Waals surface area contributed by atoms with Crippen molar-refractivity contribution in [3.8, 4) is 0 Å². The van der Waals surface area contributed by atoms with E-state index in [1.165, 1.54) is 36.8 Å². The monoisotopic (exact) mass is 601 g/mol. The first kappa shape index (κ1) is 29.4. The summed E-state index contributed by atoms with van der Waals surface area (Å²) in [5, 5.41) is 6.77. The average molecular weight is 602 g/mol. The van der Waals surface area contributed by atoms with Crippen LogP contribution in [0.5, 0.6) is 0 Å². The maximum Gasteiger partial charge on any atom is 0.233 e. The van der Waals surface area contributed by atoms with Gasteiger partial charge in [0.1, 0.15) is 10.7 Å². The highest BCUT2D eigenvalue weighted by Crippen LogP contribution is 2.26. The fraction of sp³-hybridized carbons (Fsp3) is 0.481. The van der Waals surface area contributed by atoms with Crippen LogP contribution in [0.3, 0.4) is 0 Å². The Morgan fingerprint density at radius 3 is 2.46 bits per heavy atom. The van der Waals surface area contributed by atoms with Crippen molar-refractivity contribution in [1.29, 1.82) is 0 Å². The Bertz CT molecular complexity index is 1450. The molecule has 2 aliphatic rings. The van der Waals surface area contributed by atoms with Gasteiger partial charge in [0, 0.05) is 64.4 Å². The van der Waals surface area contributed by atoms with Gasteiger partial charge in [0.15, 0.2) is 11.6 Å². The van der Waals surface area contributed by atoms with Crippen molar-refractivity contribution in [1.82, 2.24) is 29.7 Å². The first-order valence-corrected chi connectivity index (χ1v) is 15.9. The van der Waals surface area contributed by atoms with Crippen LogP contribution in [0.15, 0.2) is 36.8 Å². The first-order valence-electron chi connectivity index (χ1n) is 13.7. The Kier molecular flexibility index (Phi) is 9.50. The summed E-state index contributed by atoms with van der Waals surface area (Å²) in [7, 11) is -2.06. The van der Waals surface area contributed by atoms with Crippen molar-refractivity contribution >= 4 is 44.9 Å². The molecule has 0 amide bonds. The van der Waals surface area contributed by atoms with Gasteiger partial charge in [-0.2, -0.15) is 4.98 Å². The third kappa shape index (κ3) is 7.80. The third-order valence-electron chi connectivity index (χ3n) is 7.41. The molecular formula is C27H36ClN9O3S. The van der Waals surface area contributed by atoms with Crippen LogP contribution < -0.4 is 14.9 Å². The van der Waals surface area contributed by atoms with Crippen molar-refractivity contribution in [3.05, 3.63) is 58.6 Å². The SMILES string of the molecule is CN(c1nccnc1CNc1nc(Nc2ccc3c(c2)CCN(CCN2CCOCC2)CC3)ncc1Cl)S(C)(=O)=O. The number of hydrogen-bond donors (Lipinski definition) is 2. The summed E-state index contributed by atoms with van der Waals surface area (Å²) in [6.07, 6.45) is 7.61. The molecule has 1 aromatic carbocycles. The molecule has 2 N–H and O–H groups in total. The van der Waals surface area contributed by atoms with Gasteiger partial charge < -0.3 is 20.3 Å². The van der Waals surface area contributed by atoms with E-state index in [1.807, 2.05) is 0 Å². The summed E-state index contributed by atoms with van der Waals surface area (Å²) in [5.41, 5.74) is 4.06. The molecule has 3 aromatic rings. The number of fused-ring (bicyclic) bond motifs is 1. The summed E-state index contributed by atoms with van der Waals surface area (Å²) in [6, 6.07) is 6.42. The first-order chi connectivity index (χ1) is 19.8.